The van der Waals surface area contributed by atoms with E-state index in [9.17, 15) is 18.3 Å². The van der Waals surface area contributed by atoms with Crippen LogP contribution in [0.5, 0.6) is 5.75 Å². The van der Waals surface area contributed by atoms with Crippen LogP contribution in [0, 0.1) is 5.92 Å². The fraction of sp³-hybridized carbons (Fsp3) is 0.600. The lowest BCUT2D eigenvalue weighted by molar-refractivity contribution is -0.137. The monoisotopic (exact) mass is 303 g/mol. The van der Waals surface area contributed by atoms with E-state index in [-0.39, 0.29) is 12.5 Å². The highest BCUT2D eigenvalue weighted by molar-refractivity contribution is 5.28. The van der Waals surface area contributed by atoms with Crippen molar-refractivity contribution in [3.8, 4) is 5.75 Å². The van der Waals surface area contributed by atoms with E-state index in [4.69, 9.17) is 4.74 Å². The van der Waals surface area contributed by atoms with Crippen molar-refractivity contribution in [2.45, 2.75) is 25.6 Å². The highest BCUT2D eigenvalue weighted by atomic mass is 19.4. The molecule has 0 spiro atoms. The first-order chi connectivity index (χ1) is 9.90. The Labute approximate surface area is 122 Å². The Bertz CT molecular complexity index is 447. The van der Waals surface area contributed by atoms with E-state index >= 15 is 0 Å². The number of ether oxygens (including phenoxy) is 1. The maximum atomic E-state index is 12.4. The van der Waals surface area contributed by atoms with Gasteiger partial charge in [0.05, 0.1) is 11.7 Å². The van der Waals surface area contributed by atoms with Gasteiger partial charge in [-0.15, -0.1) is 0 Å². The first kappa shape index (κ1) is 16.1. The molecule has 2 unspecified atom stereocenters. The van der Waals surface area contributed by atoms with Crippen molar-refractivity contribution in [2.75, 3.05) is 26.2 Å². The van der Waals surface area contributed by atoms with Crippen LogP contribution in [-0.4, -0.2) is 42.4 Å². The summed E-state index contributed by atoms with van der Waals surface area (Å²) in [5, 5.41) is 10.1. The third kappa shape index (κ3) is 4.35. The van der Waals surface area contributed by atoms with Gasteiger partial charge < -0.3 is 14.7 Å². The van der Waals surface area contributed by atoms with Crippen LogP contribution in [0.4, 0.5) is 13.2 Å². The molecule has 1 aromatic carbocycles. The molecule has 21 heavy (non-hydrogen) atoms. The summed E-state index contributed by atoms with van der Waals surface area (Å²) in [6.45, 7) is 4.95. The Morgan fingerprint density at radius 1 is 1.33 bits per heavy atom. The van der Waals surface area contributed by atoms with E-state index in [0.29, 0.717) is 5.75 Å². The number of halogens is 3. The molecule has 2 atom stereocenters. The van der Waals surface area contributed by atoms with Gasteiger partial charge in [0.15, 0.2) is 0 Å². The normalized spacial score (nSPS) is 21.5. The van der Waals surface area contributed by atoms with E-state index < -0.39 is 17.8 Å². The number of hydrogen-bond donors (Lipinski definition) is 1. The molecule has 0 amide bonds. The third-order valence-corrected chi connectivity index (χ3v) is 3.90. The van der Waals surface area contributed by atoms with Crippen molar-refractivity contribution in [3.63, 3.8) is 0 Å². The summed E-state index contributed by atoms with van der Waals surface area (Å²) in [6.07, 6.45) is -4.01. The lowest BCUT2D eigenvalue weighted by Gasteiger charge is -2.19. The Hall–Kier alpha value is -1.27. The van der Waals surface area contributed by atoms with Gasteiger partial charge in [-0.3, -0.25) is 0 Å². The largest absolute Gasteiger partial charge is 0.491 e. The molecule has 2 rings (SSSR count). The molecule has 118 valence electrons. The van der Waals surface area contributed by atoms with Crippen LogP contribution in [0.1, 0.15) is 18.9 Å². The smallest absolute Gasteiger partial charge is 0.416 e. The highest BCUT2D eigenvalue weighted by Crippen LogP contribution is 2.30. The summed E-state index contributed by atoms with van der Waals surface area (Å²) in [5.74, 6) is 0.506. The van der Waals surface area contributed by atoms with E-state index in [2.05, 4.69) is 11.8 Å². The van der Waals surface area contributed by atoms with Crippen LogP contribution < -0.4 is 4.74 Å². The number of benzene rings is 1. The summed E-state index contributed by atoms with van der Waals surface area (Å²) in [6, 6.07) is 4.53. The minimum absolute atomic E-state index is 0.105. The molecule has 1 saturated heterocycles. The quantitative estimate of drug-likeness (QED) is 0.908. The molecule has 0 bridgehead atoms. The number of hydrogen-bond acceptors (Lipinski definition) is 3. The van der Waals surface area contributed by atoms with Crippen LogP contribution in [0.15, 0.2) is 24.3 Å². The summed E-state index contributed by atoms with van der Waals surface area (Å²) in [4.78, 5) is 2.26. The second-order valence-corrected chi connectivity index (χ2v) is 5.34. The molecule has 0 aromatic heterocycles. The Morgan fingerprint density at radius 3 is 2.52 bits per heavy atom. The topological polar surface area (TPSA) is 32.7 Å². The Balaban J connectivity index is 1.83. The number of alkyl halides is 3. The number of likely N-dealkylation sites (tertiary alicyclic amines) is 1. The SMILES string of the molecule is CCN1CCC(C(O)COc2ccc(C(F)(F)F)cc2)C1. The summed E-state index contributed by atoms with van der Waals surface area (Å²) >= 11 is 0. The van der Waals surface area contributed by atoms with Gasteiger partial charge in [0.1, 0.15) is 12.4 Å². The van der Waals surface area contributed by atoms with Crippen LogP contribution in [0.2, 0.25) is 0 Å². The van der Waals surface area contributed by atoms with Gasteiger partial charge in [-0.25, -0.2) is 0 Å². The molecule has 6 heteroatoms. The van der Waals surface area contributed by atoms with Gasteiger partial charge in [0.25, 0.3) is 0 Å². The van der Waals surface area contributed by atoms with Crippen LogP contribution in [0.3, 0.4) is 0 Å². The zero-order valence-corrected chi connectivity index (χ0v) is 11.9. The predicted molar refractivity (Wildman–Crippen MR) is 73.2 cm³/mol. The molecule has 1 aromatic rings. The molecule has 1 aliphatic heterocycles. The highest BCUT2D eigenvalue weighted by Gasteiger charge is 2.30. The first-order valence-corrected chi connectivity index (χ1v) is 7.10. The van der Waals surface area contributed by atoms with Gasteiger partial charge >= 0.3 is 6.18 Å². The van der Waals surface area contributed by atoms with Crippen molar-refractivity contribution in [1.82, 2.24) is 4.90 Å². The minimum atomic E-state index is -4.34. The Kier molecular flexibility index (Phi) is 5.11. The summed E-state index contributed by atoms with van der Waals surface area (Å²) in [7, 11) is 0. The van der Waals surface area contributed by atoms with Gasteiger partial charge in [0.2, 0.25) is 0 Å². The lowest BCUT2D eigenvalue weighted by atomic mass is 10.0. The molecule has 0 aliphatic carbocycles. The molecule has 1 fully saturated rings. The van der Waals surface area contributed by atoms with Crippen molar-refractivity contribution in [2.24, 2.45) is 5.92 Å². The van der Waals surface area contributed by atoms with Gasteiger partial charge in [0, 0.05) is 12.5 Å². The maximum absolute atomic E-state index is 12.4. The van der Waals surface area contributed by atoms with Gasteiger partial charge in [-0.05, 0) is 43.8 Å². The minimum Gasteiger partial charge on any atom is -0.491 e. The summed E-state index contributed by atoms with van der Waals surface area (Å²) < 4.78 is 42.6. The zero-order chi connectivity index (χ0) is 15.5. The van der Waals surface area contributed by atoms with Crippen molar-refractivity contribution in [1.29, 1.82) is 0 Å². The standard InChI is InChI=1S/C15H20F3NO2/c1-2-19-8-7-11(9-19)14(20)10-21-13-5-3-12(4-6-13)15(16,17)18/h3-6,11,14,20H,2,7-10H2,1H3. The van der Waals surface area contributed by atoms with Gasteiger partial charge in [-0.2, -0.15) is 13.2 Å². The van der Waals surface area contributed by atoms with Crippen molar-refractivity contribution < 1.29 is 23.0 Å². The number of aliphatic hydroxyl groups is 1. The average Bonchev–Trinajstić information content (AvgIpc) is 2.93. The predicted octanol–water partition coefficient (Wildman–Crippen LogP) is 2.79. The molecule has 0 radical (unpaired) electrons. The van der Waals surface area contributed by atoms with Crippen molar-refractivity contribution >= 4 is 0 Å². The van der Waals surface area contributed by atoms with Crippen molar-refractivity contribution in [3.05, 3.63) is 29.8 Å². The molecule has 1 heterocycles. The number of aliphatic hydroxyl groups excluding tert-OH is 1. The number of nitrogens with zero attached hydrogens (tertiary/aromatic N) is 1. The van der Waals surface area contributed by atoms with E-state index in [0.717, 1.165) is 38.2 Å². The van der Waals surface area contributed by atoms with E-state index in [1.54, 1.807) is 0 Å². The lowest BCUT2D eigenvalue weighted by Crippen LogP contribution is -2.30. The van der Waals surface area contributed by atoms with Crippen LogP contribution in [-0.2, 0) is 6.18 Å². The first-order valence-electron chi connectivity index (χ1n) is 7.10. The second-order valence-electron chi connectivity index (χ2n) is 5.34. The molecule has 0 saturated carbocycles. The van der Waals surface area contributed by atoms with Crippen LogP contribution in [0.25, 0.3) is 0 Å². The summed E-state index contributed by atoms with van der Waals surface area (Å²) in [5.41, 5.74) is -0.704. The fourth-order valence-corrected chi connectivity index (χ4v) is 2.52. The third-order valence-electron chi connectivity index (χ3n) is 3.90. The molecular formula is C15H20F3NO2. The average molecular weight is 303 g/mol. The zero-order valence-electron chi connectivity index (χ0n) is 11.9. The molecule has 1 N–H and O–H groups in total. The van der Waals surface area contributed by atoms with Crippen LogP contribution >= 0.6 is 0 Å². The number of rotatable bonds is 5. The molecule has 1 aliphatic rings. The van der Waals surface area contributed by atoms with E-state index in [1.807, 2.05) is 0 Å². The second kappa shape index (κ2) is 6.66. The maximum Gasteiger partial charge on any atom is 0.416 e. The molecular weight excluding hydrogens is 283 g/mol. The van der Waals surface area contributed by atoms with E-state index in [1.165, 1.54) is 12.1 Å². The Morgan fingerprint density at radius 2 is 2.00 bits per heavy atom. The van der Waals surface area contributed by atoms with Gasteiger partial charge in [-0.1, -0.05) is 6.92 Å². The molecule has 3 nitrogen and oxygen atoms in total. The fourth-order valence-electron chi connectivity index (χ4n) is 2.52.